The highest BCUT2D eigenvalue weighted by Gasteiger charge is 2.26. The zero-order chi connectivity index (χ0) is 22.1. The van der Waals surface area contributed by atoms with Crippen molar-refractivity contribution in [3.8, 4) is 0 Å². The molecular weight excluding hydrogens is 360 g/mol. The monoisotopic (exact) mass is 394 g/mol. The molecule has 2 N–H and O–H groups in total. The van der Waals surface area contributed by atoms with Crippen LogP contribution in [0.3, 0.4) is 0 Å². The maximum Gasteiger partial charge on any atom is 0.335 e. The van der Waals surface area contributed by atoms with Gasteiger partial charge in [-0.25, -0.2) is 4.79 Å². The van der Waals surface area contributed by atoms with Gasteiger partial charge < -0.3 is 10.2 Å². The largest absolute Gasteiger partial charge is 0.478 e. The van der Waals surface area contributed by atoms with E-state index < -0.39 is 5.97 Å². The molecule has 0 aliphatic carbocycles. The number of aryl methyl sites for hydroxylation is 1. The van der Waals surface area contributed by atoms with Crippen molar-refractivity contribution in [3.05, 3.63) is 75.9 Å². The van der Waals surface area contributed by atoms with Crippen LogP contribution in [0.4, 0.5) is 0 Å². The van der Waals surface area contributed by atoms with Gasteiger partial charge in [-0.15, -0.1) is 0 Å². The molecule has 2 aromatic rings. The number of benzene rings is 2. The van der Waals surface area contributed by atoms with E-state index in [1.807, 2.05) is 25.1 Å². The number of hydrogen-bond donors (Lipinski definition) is 2. The molecule has 2 rings (SSSR count). The van der Waals surface area contributed by atoms with Gasteiger partial charge in [0.1, 0.15) is 0 Å². The molecule has 0 aliphatic heterocycles. The average molecular weight is 395 g/mol. The van der Waals surface area contributed by atoms with Gasteiger partial charge in [-0.05, 0) is 57.6 Å². The van der Waals surface area contributed by atoms with Gasteiger partial charge in [-0.3, -0.25) is 0 Å². The van der Waals surface area contributed by atoms with E-state index in [-0.39, 0.29) is 23.0 Å². The number of aliphatic carboxylic acids is 1. The topological polar surface area (TPSA) is 57.5 Å². The Labute approximate surface area is 175 Å². The first-order valence-electron chi connectivity index (χ1n) is 10.1. The van der Waals surface area contributed by atoms with Crippen molar-refractivity contribution in [2.75, 3.05) is 0 Å². The molecule has 2 aromatic carbocycles. The highest BCUT2D eigenvalue weighted by atomic mass is 16.4. The fraction of sp³-hybridized carbons (Fsp3) is 0.423. The molecule has 0 heterocycles. The van der Waals surface area contributed by atoms with Crippen LogP contribution in [0.15, 0.2) is 36.9 Å². The van der Waals surface area contributed by atoms with E-state index in [0.29, 0.717) is 12.0 Å². The van der Waals surface area contributed by atoms with Crippen LogP contribution in [0.25, 0.3) is 5.57 Å². The SMILES string of the molecule is C=C(C(=O)O)c1c(Cc2cccc(C(C)(C)C)c2CO)cc(C)cc1C(C)(C)C. The van der Waals surface area contributed by atoms with Crippen molar-refractivity contribution in [1.29, 1.82) is 0 Å². The van der Waals surface area contributed by atoms with Gasteiger partial charge in [0.05, 0.1) is 12.2 Å². The lowest BCUT2D eigenvalue weighted by atomic mass is 9.77. The fourth-order valence-corrected chi connectivity index (χ4v) is 3.95. The zero-order valence-corrected chi connectivity index (χ0v) is 18.8. The summed E-state index contributed by atoms with van der Waals surface area (Å²) in [5, 5.41) is 19.8. The van der Waals surface area contributed by atoms with Gasteiger partial charge in [0.25, 0.3) is 0 Å². The lowest BCUT2D eigenvalue weighted by Crippen LogP contribution is -2.19. The third-order valence-electron chi connectivity index (χ3n) is 5.35. The van der Waals surface area contributed by atoms with Crippen LogP contribution in [0.1, 0.15) is 80.5 Å². The van der Waals surface area contributed by atoms with Gasteiger partial charge in [-0.1, -0.05) is 84.0 Å². The first kappa shape index (κ1) is 22.9. The van der Waals surface area contributed by atoms with Crippen molar-refractivity contribution in [2.24, 2.45) is 0 Å². The lowest BCUT2D eigenvalue weighted by molar-refractivity contribution is -0.130. The Morgan fingerprint density at radius 1 is 0.966 bits per heavy atom. The third kappa shape index (κ3) is 4.97. The van der Waals surface area contributed by atoms with Crippen LogP contribution in [0, 0.1) is 6.92 Å². The summed E-state index contributed by atoms with van der Waals surface area (Å²) in [6, 6.07) is 10.2. The van der Waals surface area contributed by atoms with Crippen LogP contribution < -0.4 is 0 Å². The average Bonchev–Trinajstić information content (AvgIpc) is 2.58. The second-order valence-corrected chi connectivity index (χ2v) is 9.91. The molecule has 156 valence electrons. The molecule has 0 amide bonds. The summed E-state index contributed by atoms with van der Waals surface area (Å²) in [5.41, 5.74) is 6.56. The highest BCUT2D eigenvalue weighted by molar-refractivity contribution is 6.15. The summed E-state index contributed by atoms with van der Waals surface area (Å²) >= 11 is 0. The van der Waals surface area contributed by atoms with E-state index >= 15 is 0 Å². The van der Waals surface area contributed by atoms with Gasteiger partial charge in [-0.2, -0.15) is 0 Å². The number of carbonyl (C=O) groups is 1. The van der Waals surface area contributed by atoms with Crippen molar-refractivity contribution in [1.82, 2.24) is 0 Å². The number of aliphatic hydroxyl groups is 1. The molecule has 0 saturated heterocycles. The molecule has 0 atom stereocenters. The molecule has 0 radical (unpaired) electrons. The summed E-state index contributed by atoms with van der Waals surface area (Å²) in [4.78, 5) is 11.8. The number of hydrogen-bond acceptors (Lipinski definition) is 2. The van der Waals surface area contributed by atoms with Gasteiger partial charge in [0.2, 0.25) is 0 Å². The van der Waals surface area contributed by atoms with E-state index in [1.54, 1.807) is 0 Å². The van der Waals surface area contributed by atoms with Crippen LogP contribution in [0.5, 0.6) is 0 Å². The van der Waals surface area contributed by atoms with Crippen LogP contribution in [-0.2, 0) is 28.7 Å². The Kier molecular flexibility index (Phi) is 6.44. The first-order valence-corrected chi connectivity index (χ1v) is 10.1. The minimum atomic E-state index is -1.01. The van der Waals surface area contributed by atoms with E-state index in [0.717, 1.165) is 33.4 Å². The van der Waals surface area contributed by atoms with Gasteiger partial charge in [0, 0.05) is 0 Å². The number of carboxylic acid groups (broad SMARTS) is 1. The highest BCUT2D eigenvalue weighted by Crippen LogP contribution is 2.36. The minimum Gasteiger partial charge on any atom is -0.478 e. The molecule has 0 spiro atoms. The normalized spacial score (nSPS) is 12.1. The summed E-state index contributed by atoms with van der Waals surface area (Å²) in [6.07, 6.45) is 0.548. The maximum absolute atomic E-state index is 11.8. The number of aliphatic hydroxyl groups excluding tert-OH is 1. The Morgan fingerprint density at radius 2 is 1.55 bits per heavy atom. The second kappa shape index (κ2) is 8.16. The minimum absolute atomic E-state index is 0.0457. The van der Waals surface area contributed by atoms with Crippen LogP contribution >= 0.6 is 0 Å². The summed E-state index contributed by atoms with van der Waals surface area (Å²) < 4.78 is 0. The van der Waals surface area contributed by atoms with Crippen LogP contribution in [-0.4, -0.2) is 16.2 Å². The van der Waals surface area contributed by atoms with E-state index in [4.69, 9.17) is 0 Å². The summed E-state index contributed by atoms with van der Waals surface area (Å²) in [5.74, 6) is -1.01. The van der Waals surface area contributed by atoms with E-state index in [2.05, 4.69) is 60.3 Å². The van der Waals surface area contributed by atoms with E-state index in [9.17, 15) is 15.0 Å². The smallest absolute Gasteiger partial charge is 0.335 e. The Bertz CT molecular complexity index is 938. The van der Waals surface area contributed by atoms with Crippen LogP contribution in [0.2, 0.25) is 0 Å². The van der Waals surface area contributed by atoms with Crippen molar-refractivity contribution >= 4 is 11.5 Å². The molecule has 0 aliphatic rings. The quantitative estimate of drug-likeness (QED) is 0.633. The predicted molar refractivity (Wildman–Crippen MR) is 120 cm³/mol. The fourth-order valence-electron chi connectivity index (χ4n) is 3.95. The zero-order valence-electron chi connectivity index (χ0n) is 18.8. The Hall–Kier alpha value is -2.39. The standard InChI is InChI=1S/C26H34O3/c1-16-12-19(23(17(2)24(28)29)22(13-16)26(6,7)8)14-18-10-9-11-21(20(18)15-27)25(3,4)5/h9-13,27H,2,14-15H2,1,3-8H3,(H,28,29). The van der Waals surface area contributed by atoms with E-state index in [1.165, 1.54) is 0 Å². The predicted octanol–water partition coefficient (Wildman–Crippen LogP) is 5.77. The molecule has 3 nitrogen and oxygen atoms in total. The Morgan fingerprint density at radius 3 is 2.03 bits per heavy atom. The second-order valence-electron chi connectivity index (χ2n) is 9.91. The summed E-state index contributed by atoms with van der Waals surface area (Å²) in [7, 11) is 0. The van der Waals surface area contributed by atoms with Crippen molar-refractivity contribution in [2.45, 2.75) is 72.3 Å². The third-order valence-corrected chi connectivity index (χ3v) is 5.35. The first-order chi connectivity index (χ1) is 13.3. The Balaban J connectivity index is 2.76. The number of rotatable bonds is 5. The molecular formula is C26H34O3. The molecule has 0 bridgehead atoms. The lowest BCUT2D eigenvalue weighted by Gasteiger charge is -2.27. The van der Waals surface area contributed by atoms with Gasteiger partial charge >= 0.3 is 5.97 Å². The molecule has 0 unspecified atom stereocenters. The molecule has 0 aromatic heterocycles. The van der Waals surface area contributed by atoms with Crippen molar-refractivity contribution in [3.63, 3.8) is 0 Å². The molecule has 3 heteroatoms. The number of carboxylic acids is 1. The maximum atomic E-state index is 11.8. The summed E-state index contributed by atoms with van der Waals surface area (Å²) in [6.45, 7) is 18.5. The molecule has 0 fully saturated rings. The van der Waals surface area contributed by atoms with Gasteiger partial charge in [0.15, 0.2) is 0 Å². The van der Waals surface area contributed by atoms with Crippen molar-refractivity contribution < 1.29 is 15.0 Å². The molecule has 29 heavy (non-hydrogen) atoms. The molecule has 0 saturated carbocycles.